The Morgan fingerprint density at radius 1 is 0.170 bits per heavy atom. The van der Waals surface area contributed by atoms with Gasteiger partial charge in [-0.05, 0) is 218 Å². The van der Waals surface area contributed by atoms with Gasteiger partial charge in [0.15, 0.2) is 0 Å². The fourth-order valence-corrected chi connectivity index (χ4v) is 21.1. The maximum Gasteiger partial charge on any atom is 0.126 e. The van der Waals surface area contributed by atoms with Gasteiger partial charge in [0.25, 0.3) is 0 Å². The van der Waals surface area contributed by atoms with Crippen LogP contribution in [0, 0.1) is 27.7 Å². The summed E-state index contributed by atoms with van der Waals surface area (Å²) in [5.41, 5.74) is 10.7. The molecule has 0 aliphatic rings. The molecular formula is C77H27N11. The fraction of sp³-hybridized carbons (Fsp3) is 0.0519. The van der Waals surface area contributed by atoms with Crippen molar-refractivity contribution < 1.29 is 0 Å². The molecule has 0 aliphatic carbocycles. The quantitative estimate of drug-likeness (QED) is 0.106. The van der Waals surface area contributed by atoms with Gasteiger partial charge in [0, 0.05) is 113 Å². The van der Waals surface area contributed by atoms with Crippen molar-refractivity contribution in [1.82, 2.24) is 56.4 Å². The third-order valence-corrected chi connectivity index (χ3v) is 23.8. The third kappa shape index (κ3) is 3.41. The molecule has 0 unspecified atom stereocenters. The maximum absolute atomic E-state index is 5.15. The van der Waals surface area contributed by atoms with Gasteiger partial charge in [-0.25, -0.2) is 0 Å². The van der Waals surface area contributed by atoms with Crippen LogP contribution in [0.4, 0.5) is 0 Å². The number of hydrogen-bond donors (Lipinski definition) is 0. The minimum Gasteiger partial charge on any atom is -0.158 e. The molecular weight excluding hydrogens is 1080 g/mol. The molecule has 0 amide bonds. The molecule has 0 bridgehead atoms. The maximum atomic E-state index is 5.15. The van der Waals surface area contributed by atoms with Crippen LogP contribution in [0.15, 0.2) is 91.1 Å². The normalized spacial score (nSPS) is 14.4. The Morgan fingerprint density at radius 3 is 0.795 bits per heavy atom. The summed E-state index contributed by atoms with van der Waals surface area (Å²) in [7, 11) is 0. The van der Waals surface area contributed by atoms with Crippen LogP contribution in [0.2, 0.25) is 0 Å². The average molecular weight is 1110 g/mol. The molecule has 24 aromatic carbocycles. The van der Waals surface area contributed by atoms with Gasteiger partial charge in [0.1, 0.15) is 38.6 Å². The second kappa shape index (κ2) is 11.7. The van der Waals surface area contributed by atoms with Gasteiger partial charge in [-0.15, -0.1) is 35.7 Å². The van der Waals surface area contributed by atoms with Crippen LogP contribution in [-0.2, 0) is 0 Å². The van der Waals surface area contributed by atoms with Gasteiger partial charge in [0.05, 0.1) is 6.20 Å². The van der Waals surface area contributed by atoms with Crippen LogP contribution in [0.5, 0.6) is 0 Å². The lowest BCUT2D eigenvalue weighted by atomic mass is 9.70. The van der Waals surface area contributed by atoms with Crippen molar-refractivity contribution >= 4 is 292 Å². The number of rotatable bonds is 0. The van der Waals surface area contributed by atoms with Crippen molar-refractivity contribution in [2.24, 2.45) is 0 Å². The van der Waals surface area contributed by atoms with E-state index in [9.17, 15) is 0 Å². The second-order valence-electron chi connectivity index (χ2n) is 26.8. The second-order valence-corrected chi connectivity index (χ2v) is 26.8. The third-order valence-electron chi connectivity index (χ3n) is 23.8. The summed E-state index contributed by atoms with van der Waals surface area (Å²) < 4.78 is 0. The summed E-state index contributed by atoms with van der Waals surface area (Å²) in [5, 5.41) is 112. The lowest BCUT2D eigenvalue weighted by molar-refractivity contribution is 0.905. The van der Waals surface area contributed by atoms with Crippen molar-refractivity contribution in [3.8, 4) is 0 Å². The first-order valence-electron chi connectivity index (χ1n) is 30.4. The molecule has 0 fully saturated rings. The van der Waals surface area contributed by atoms with Crippen LogP contribution < -0.4 is 0 Å². The average Bonchev–Trinajstić information content (AvgIpc) is 0.637. The summed E-state index contributed by atoms with van der Waals surface area (Å²) in [6.07, 6.45) is 1.92. The van der Waals surface area contributed by atoms with E-state index in [1.54, 1.807) is 0 Å². The Bertz CT molecular complexity index is 7780. The highest BCUT2D eigenvalue weighted by molar-refractivity contribution is 6.68. The molecule has 0 N–H and O–H groups in total. The summed E-state index contributed by atoms with van der Waals surface area (Å²) in [4.78, 5) is 0. The first kappa shape index (κ1) is 40.6. The lowest BCUT2D eigenvalue weighted by Gasteiger charge is -2.32. The predicted molar refractivity (Wildman–Crippen MR) is 362 cm³/mol. The van der Waals surface area contributed by atoms with E-state index in [0.717, 1.165) is 81.6 Å². The Labute approximate surface area is 486 Å². The molecule has 0 aliphatic heterocycles. The zero-order valence-corrected chi connectivity index (χ0v) is 46.6. The monoisotopic (exact) mass is 1110 g/mol. The standard InChI is InChI=1S/C77H27N11/c1-20-5-9-24-34-17-33-27-14-16-31-48-44(27)55-50-32(18-35-25-10-6-21(2)38-40-23(4)8-12-29-46(40)59-57(42(25)38)63(52(35)55)61(48)67-66(59)69-73(29)81-87-84-76(69)77-70(67)74(31)82-88-85-77)26-13-15-30-47-43(26)54(49(33)50)51(34)62-56-41(24)37(20)39-22(3)7-11-28-45(39)58(56)64-53-36(19-78-79-71(28)53)75-68(65(64)60(47)62)72(30)80-86-83-75/h5-19H,1-4H3. The molecule has 11 heteroatoms. The Kier molecular flexibility index (Phi) is 5.40. The minimum atomic E-state index is 0.715. The molecule has 28 aromatic rings. The van der Waals surface area contributed by atoms with E-state index in [0.29, 0.717) is 5.52 Å². The van der Waals surface area contributed by atoms with Gasteiger partial charge >= 0.3 is 0 Å². The topological polar surface area (TPSA) is 142 Å². The van der Waals surface area contributed by atoms with Gasteiger partial charge in [-0.3, -0.25) is 0 Å². The van der Waals surface area contributed by atoms with E-state index < -0.39 is 0 Å². The molecule has 88 heavy (non-hydrogen) atoms. The highest BCUT2D eigenvalue weighted by Gasteiger charge is 2.39. The zero-order chi connectivity index (χ0) is 55.9. The van der Waals surface area contributed by atoms with Crippen LogP contribution in [0.3, 0.4) is 0 Å². The molecule has 0 spiro atoms. The molecule has 0 saturated carbocycles. The van der Waals surface area contributed by atoms with Crippen molar-refractivity contribution in [1.29, 1.82) is 0 Å². The van der Waals surface area contributed by atoms with E-state index in [1.165, 1.54) is 227 Å². The number of aromatic nitrogens is 11. The first-order chi connectivity index (χ1) is 43.4. The van der Waals surface area contributed by atoms with E-state index in [4.69, 9.17) is 40.8 Å². The number of aryl methyl sites for hydroxylation is 4. The molecule has 0 radical (unpaired) electrons. The molecule has 0 atom stereocenters. The van der Waals surface area contributed by atoms with Crippen LogP contribution >= 0.6 is 0 Å². The van der Waals surface area contributed by atoms with Crippen molar-refractivity contribution in [2.45, 2.75) is 27.7 Å². The molecule has 390 valence electrons. The number of fused-ring (bicyclic) bond motifs is 12. The van der Waals surface area contributed by atoms with Crippen molar-refractivity contribution in [3.63, 3.8) is 0 Å². The van der Waals surface area contributed by atoms with Crippen molar-refractivity contribution in [3.05, 3.63) is 113 Å². The minimum absolute atomic E-state index is 0.715. The number of benzene rings is 24. The first-order valence-corrected chi connectivity index (χ1v) is 30.4. The summed E-state index contributed by atoms with van der Waals surface area (Å²) >= 11 is 0. The Morgan fingerprint density at radius 2 is 0.398 bits per heavy atom. The van der Waals surface area contributed by atoms with E-state index in [1.807, 2.05) is 6.20 Å². The highest BCUT2D eigenvalue weighted by atomic mass is 15.3. The predicted octanol–water partition coefficient (Wildman–Crippen LogP) is 19.0. The van der Waals surface area contributed by atoms with Crippen LogP contribution in [0.1, 0.15) is 22.3 Å². The van der Waals surface area contributed by atoms with E-state index >= 15 is 0 Å². The molecule has 4 heterocycles. The number of hydrogen-bond acceptors (Lipinski definition) is 11. The summed E-state index contributed by atoms with van der Waals surface area (Å²) in [6, 6.07) is 33.7. The smallest absolute Gasteiger partial charge is 0.126 e. The SMILES string of the molecule is Cc1ccc2c3nncc4c5nnnc6c7ccc8c9cc%10c%11ccc(C)c%12c%13c(C)ccc%14c%15nnnc%16c%17nnnc%18c%19ccc%20c%21cc%22c%23ccc(C)c%24c1c2c1c(c43)c(c56)c2c7c8c(c%21c9c3c%20c%19c4c(c%18%17)c(c%15%16)c(c%14%13)c(c%11%12)c4c%103)c%22c2c1c%23%24. The van der Waals surface area contributed by atoms with E-state index in [2.05, 4.69) is 128 Å². The molecule has 0 saturated heterocycles. The van der Waals surface area contributed by atoms with Gasteiger partial charge < -0.3 is 0 Å². The zero-order valence-electron chi connectivity index (χ0n) is 46.6. The highest BCUT2D eigenvalue weighted by Crippen LogP contribution is 2.67. The Balaban J connectivity index is 1.02. The largest absolute Gasteiger partial charge is 0.158 e. The Hall–Kier alpha value is -11.7. The van der Waals surface area contributed by atoms with Gasteiger partial charge in [-0.2, -0.15) is 5.10 Å². The molecule has 11 nitrogen and oxygen atoms in total. The van der Waals surface area contributed by atoms with Crippen LogP contribution in [-0.4, -0.2) is 56.4 Å². The van der Waals surface area contributed by atoms with E-state index in [-0.39, 0.29) is 0 Å². The molecule has 4 aromatic heterocycles. The number of nitrogens with zero attached hydrogens (tertiary/aromatic N) is 11. The van der Waals surface area contributed by atoms with Crippen molar-refractivity contribution in [2.75, 3.05) is 0 Å². The lowest BCUT2D eigenvalue weighted by Crippen LogP contribution is -2.06. The summed E-state index contributed by atoms with van der Waals surface area (Å²) in [6.45, 7) is 9.21. The van der Waals surface area contributed by atoms with Gasteiger partial charge in [0.2, 0.25) is 0 Å². The fourth-order valence-electron chi connectivity index (χ4n) is 21.1. The molecule has 28 rings (SSSR count). The summed E-state index contributed by atoms with van der Waals surface area (Å²) in [5.74, 6) is 0. The van der Waals surface area contributed by atoms with Crippen LogP contribution in [0.25, 0.3) is 292 Å². The van der Waals surface area contributed by atoms with Gasteiger partial charge in [-0.1, -0.05) is 72.8 Å².